The Kier molecular flexibility index (Phi) is 5.10. The van der Waals surface area contributed by atoms with Crippen molar-refractivity contribution in [2.75, 3.05) is 13.3 Å². The summed E-state index contributed by atoms with van der Waals surface area (Å²) in [7, 11) is 0. The first-order chi connectivity index (χ1) is 10.0. The molecule has 0 bridgehead atoms. The molecule has 0 fully saturated rings. The van der Waals surface area contributed by atoms with Crippen LogP contribution in [0.1, 0.15) is 39.7 Å². The summed E-state index contributed by atoms with van der Waals surface area (Å²) in [6, 6.07) is 6.18. The summed E-state index contributed by atoms with van der Waals surface area (Å²) in [5.41, 5.74) is 1.17. The summed E-state index contributed by atoms with van der Waals surface area (Å²) in [4.78, 5) is 14.2. The van der Waals surface area contributed by atoms with Crippen LogP contribution in [0.3, 0.4) is 0 Å². The van der Waals surface area contributed by atoms with E-state index in [0.717, 1.165) is 24.5 Å². The number of carbonyl (C=O) groups is 1. The van der Waals surface area contributed by atoms with E-state index in [2.05, 4.69) is 20.8 Å². The largest absolute Gasteiger partial charge is 0.454 e. The van der Waals surface area contributed by atoms with Gasteiger partial charge in [-0.15, -0.1) is 0 Å². The van der Waals surface area contributed by atoms with Crippen molar-refractivity contribution < 1.29 is 14.3 Å². The van der Waals surface area contributed by atoms with E-state index in [-0.39, 0.29) is 11.9 Å². The predicted octanol–water partition coefficient (Wildman–Crippen LogP) is 3.24. The van der Waals surface area contributed by atoms with Gasteiger partial charge < -0.3 is 14.4 Å². The van der Waals surface area contributed by atoms with Crippen molar-refractivity contribution >= 4 is 5.91 Å². The van der Waals surface area contributed by atoms with Gasteiger partial charge in [0.05, 0.1) is 0 Å². The Labute approximate surface area is 127 Å². The number of benzene rings is 1. The van der Waals surface area contributed by atoms with Gasteiger partial charge in [0.15, 0.2) is 11.5 Å². The molecule has 116 valence electrons. The van der Waals surface area contributed by atoms with Crippen LogP contribution in [0.5, 0.6) is 11.5 Å². The average Bonchev–Trinajstić information content (AvgIpc) is 2.85. The van der Waals surface area contributed by atoms with Crippen LogP contribution in [0.2, 0.25) is 0 Å². The molecule has 1 unspecified atom stereocenters. The van der Waals surface area contributed by atoms with E-state index in [1.54, 1.807) is 0 Å². The molecular formula is C17H25NO3. The van der Waals surface area contributed by atoms with Crippen molar-refractivity contribution in [2.24, 2.45) is 5.92 Å². The van der Waals surface area contributed by atoms with Crippen LogP contribution in [-0.4, -0.2) is 30.2 Å². The molecule has 0 spiro atoms. The zero-order valence-corrected chi connectivity index (χ0v) is 13.4. The smallest absolute Gasteiger partial charge is 0.231 e. The summed E-state index contributed by atoms with van der Waals surface area (Å²) < 4.78 is 10.7. The zero-order chi connectivity index (χ0) is 15.4. The van der Waals surface area contributed by atoms with Gasteiger partial charge in [0.2, 0.25) is 12.7 Å². The van der Waals surface area contributed by atoms with Crippen LogP contribution in [0, 0.1) is 5.92 Å². The Balaban J connectivity index is 2.01. The number of rotatable bonds is 6. The van der Waals surface area contributed by atoms with E-state index in [1.165, 1.54) is 5.56 Å². The van der Waals surface area contributed by atoms with Crippen molar-refractivity contribution in [2.45, 2.75) is 46.6 Å². The monoisotopic (exact) mass is 291 g/mol. The highest BCUT2D eigenvalue weighted by Crippen LogP contribution is 2.33. The minimum absolute atomic E-state index is 0.182. The van der Waals surface area contributed by atoms with Gasteiger partial charge >= 0.3 is 0 Å². The van der Waals surface area contributed by atoms with Gasteiger partial charge in [-0.05, 0) is 43.9 Å². The molecule has 0 saturated carbocycles. The van der Waals surface area contributed by atoms with Crippen molar-refractivity contribution in [3.05, 3.63) is 23.8 Å². The first-order valence-electron chi connectivity index (χ1n) is 7.69. The van der Waals surface area contributed by atoms with Gasteiger partial charge in [0.25, 0.3) is 0 Å². The standard InChI is InChI=1S/C17H25NO3/c1-5-18(17(19)8-12(2)3)13(4)9-14-6-7-15-16(10-14)21-11-20-15/h6-7,10,12-13H,5,8-9,11H2,1-4H3. The van der Waals surface area contributed by atoms with Gasteiger partial charge in [-0.25, -0.2) is 0 Å². The lowest BCUT2D eigenvalue weighted by Gasteiger charge is -2.29. The van der Waals surface area contributed by atoms with Gasteiger partial charge in [0, 0.05) is 19.0 Å². The van der Waals surface area contributed by atoms with E-state index >= 15 is 0 Å². The Morgan fingerprint density at radius 1 is 1.24 bits per heavy atom. The number of hydrogen-bond acceptors (Lipinski definition) is 3. The maximum atomic E-state index is 12.3. The molecule has 1 heterocycles. The first kappa shape index (κ1) is 15.7. The normalized spacial score (nSPS) is 14.3. The second kappa shape index (κ2) is 6.83. The lowest BCUT2D eigenvalue weighted by Crippen LogP contribution is -2.40. The lowest BCUT2D eigenvalue weighted by molar-refractivity contribution is -0.133. The van der Waals surface area contributed by atoms with Crippen LogP contribution in [0.15, 0.2) is 18.2 Å². The summed E-state index contributed by atoms with van der Waals surface area (Å²) in [6.07, 6.45) is 1.44. The van der Waals surface area contributed by atoms with Crippen LogP contribution in [0.4, 0.5) is 0 Å². The van der Waals surface area contributed by atoms with Gasteiger partial charge in [0.1, 0.15) is 0 Å². The fraction of sp³-hybridized carbons (Fsp3) is 0.588. The molecule has 1 aliphatic rings. The Morgan fingerprint density at radius 2 is 1.95 bits per heavy atom. The van der Waals surface area contributed by atoms with Crippen molar-refractivity contribution in [3.63, 3.8) is 0 Å². The van der Waals surface area contributed by atoms with E-state index in [0.29, 0.717) is 19.1 Å². The average molecular weight is 291 g/mol. The van der Waals surface area contributed by atoms with Crippen LogP contribution >= 0.6 is 0 Å². The molecule has 4 heteroatoms. The third kappa shape index (κ3) is 3.90. The summed E-state index contributed by atoms with van der Waals surface area (Å²) in [5, 5.41) is 0. The number of amides is 1. The maximum absolute atomic E-state index is 12.3. The third-order valence-corrected chi connectivity index (χ3v) is 3.74. The fourth-order valence-corrected chi connectivity index (χ4v) is 2.72. The molecule has 1 aromatic carbocycles. The van der Waals surface area contributed by atoms with Gasteiger partial charge in [-0.3, -0.25) is 4.79 Å². The SMILES string of the molecule is CCN(C(=O)CC(C)C)C(C)Cc1ccc2c(c1)OCO2. The molecule has 0 aliphatic carbocycles. The number of hydrogen-bond donors (Lipinski definition) is 0. The quantitative estimate of drug-likeness (QED) is 0.807. The zero-order valence-electron chi connectivity index (χ0n) is 13.4. The number of ether oxygens (including phenoxy) is 2. The van der Waals surface area contributed by atoms with Crippen molar-refractivity contribution in [1.29, 1.82) is 0 Å². The van der Waals surface area contributed by atoms with Crippen LogP contribution in [0.25, 0.3) is 0 Å². The predicted molar refractivity (Wildman–Crippen MR) is 82.6 cm³/mol. The highest BCUT2D eigenvalue weighted by atomic mass is 16.7. The topological polar surface area (TPSA) is 38.8 Å². The van der Waals surface area contributed by atoms with Gasteiger partial charge in [-0.2, -0.15) is 0 Å². The minimum atomic E-state index is 0.182. The molecule has 0 aromatic heterocycles. The van der Waals surface area contributed by atoms with E-state index in [4.69, 9.17) is 9.47 Å². The highest BCUT2D eigenvalue weighted by Gasteiger charge is 2.20. The molecule has 1 aromatic rings. The van der Waals surface area contributed by atoms with Gasteiger partial charge in [-0.1, -0.05) is 19.9 Å². The molecule has 21 heavy (non-hydrogen) atoms. The number of nitrogens with zero attached hydrogens (tertiary/aromatic N) is 1. The molecule has 0 N–H and O–H groups in total. The van der Waals surface area contributed by atoms with Crippen LogP contribution in [-0.2, 0) is 11.2 Å². The number of fused-ring (bicyclic) bond motifs is 1. The molecule has 1 amide bonds. The second-order valence-corrected chi connectivity index (χ2v) is 6.02. The third-order valence-electron chi connectivity index (χ3n) is 3.74. The molecule has 2 rings (SSSR count). The van der Waals surface area contributed by atoms with E-state index < -0.39 is 0 Å². The minimum Gasteiger partial charge on any atom is -0.454 e. The maximum Gasteiger partial charge on any atom is 0.231 e. The Morgan fingerprint density at radius 3 is 2.62 bits per heavy atom. The van der Waals surface area contributed by atoms with Crippen LogP contribution < -0.4 is 9.47 Å². The molecular weight excluding hydrogens is 266 g/mol. The molecule has 1 atom stereocenters. The lowest BCUT2D eigenvalue weighted by atomic mass is 10.0. The molecule has 4 nitrogen and oxygen atoms in total. The molecule has 1 aliphatic heterocycles. The van der Waals surface area contributed by atoms with E-state index in [1.807, 2.05) is 30.0 Å². The first-order valence-corrected chi connectivity index (χ1v) is 7.69. The summed E-state index contributed by atoms with van der Waals surface area (Å²) in [6.45, 7) is 9.34. The summed E-state index contributed by atoms with van der Waals surface area (Å²) in [5.74, 6) is 2.23. The highest BCUT2D eigenvalue weighted by molar-refractivity contribution is 5.76. The van der Waals surface area contributed by atoms with Crippen molar-refractivity contribution in [1.82, 2.24) is 4.90 Å². The van der Waals surface area contributed by atoms with Crippen molar-refractivity contribution in [3.8, 4) is 11.5 Å². The fourth-order valence-electron chi connectivity index (χ4n) is 2.72. The molecule has 0 saturated heterocycles. The summed E-state index contributed by atoms with van der Waals surface area (Å²) >= 11 is 0. The Hall–Kier alpha value is -1.71. The Bertz CT molecular complexity index is 499. The number of carbonyl (C=O) groups excluding carboxylic acids is 1. The molecule has 0 radical (unpaired) electrons. The second-order valence-electron chi connectivity index (χ2n) is 6.02. The van der Waals surface area contributed by atoms with E-state index in [9.17, 15) is 4.79 Å². The number of likely N-dealkylation sites (N-methyl/N-ethyl adjacent to an activating group) is 1.